The number of phenolic OH excluding ortho intramolecular Hbond substituents is 1. The lowest BCUT2D eigenvalue weighted by Gasteiger charge is -2.31. The maximum Gasteiger partial charge on any atom is 0.254 e. The van der Waals surface area contributed by atoms with Crippen molar-refractivity contribution in [1.29, 1.82) is 0 Å². The van der Waals surface area contributed by atoms with E-state index in [1.54, 1.807) is 25.4 Å². The third-order valence-corrected chi connectivity index (χ3v) is 6.89. The average molecular weight is 502 g/mol. The van der Waals surface area contributed by atoms with Crippen LogP contribution >= 0.6 is 23.2 Å². The van der Waals surface area contributed by atoms with Crippen LogP contribution in [0.3, 0.4) is 0 Å². The molecule has 0 unspecified atom stereocenters. The van der Waals surface area contributed by atoms with Gasteiger partial charge in [-0.2, -0.15) is 0 Å². The molecule has 9 heteroatoms. The van der Waals surface area contributed by atoms with E-state index in [1.807, 2.05) is 12.1 Å². The van der Waals surface area contributed by atoms with Gasteiger partial charge in [0.15, 0.2) is 5.75 Å². The number of phenols is 1. The molecule has 0 spiro atoms. The molecule has 2 aromatic heterocycles. The normalized spacial score (nSPS) is 18.3. The Bertz CT molecular complexity index is 1190. The molecule has 1 aliphatic carbocycles. The number of rotatable bonds is 6. The molecule has 0 aliphatic heterocycles. The zero-order valence-corrected chi connectivity index (χ0v) is 21.0. The predicted octanol–water partition coefficient (Wildman–Crippen LogP) is 5.20. The van der Waals surface area contributed by atoms with Gasteiger partial charge in [-0.1, -0.05) is 23.2 Å². The molecule has 34 heavy (non-hydrogen) atoms. The van der Waals surface area contributed by atoms with Gasteiger partial charge in [0, 0.05) is 31.4 Å². The number of fused-ring (bicyclic) bond motifs is 1. The molecule has 1 fully saturated rings. The van der Waals surface area contributed by atoms with Crippen molar-refractivity contribution in [1.82, 2.24) is 20.2 Å². The molecule has 2 heterocycles. The fourth-order valence-electron chi connectivity index (χ4n) is 4.60. The summed E-state index contributed by atoms with van der Waals surface area (Å²) in [6.07, 6.45) is 5.92. The van der Waals surface area contributed by atoms with Gasteiger partial charge in [0.05, 0.1) is 32.5 Å². The maximum absolute atomic E-state index is 12.7. The average Bonchev–Trinajstić information content (AvgIpc) is 2.82. The number of benzene rings is 1. The lowest BCUT2D eigenvalue weighted by atomic mass is 9.85. The van der Waals surface area contributed by atoms with Crippen LogP contribution in [0.15, 0.2) is 30.5 Å². The van der Waals surface area contributed by atoms with Gasteiger partial charge in [-0.15, -0.1) is 0 Å². The summed E-state index contributed by atoms with van der Waals surface area (Å²) >= 11 is 12.3. The number of hydrogen-bond acceptors (Lipinski definition) is 6. The van der Waals surface area contributed by atoms with E-state index in [0.29, 0.717) is 39.5 Å². The van der Waals surface area contributed by atoms with E-state index < -0.39 is 0 Å². The summed E-state index contributed by atoms with van der Waals surface area (Å²) in [5.41, 5.74) is 3.70. The Morgan fingerprint density at radius 3 is 2.44 bits per heavy atom. The van der Waals surface area contributed by atoms with E-state index in [0.717, 1.165) is 32.2 Å². The van der Waals surface area contributed by atoms with Gasteiger partial charge in [0.25, 0.3) is 5.91 Å². The first-order valence-corrected chi connectivity index (χ1v) is 12.1. The van der Waals surface area contributed by atoms with Crippen LogP contribution in [0, 0.1) is 5.92 Å². The van der Waals surface area contributed by atoms with E-state index >= 15 is 0 Å². The number of carbonyl (C=O) groups excluding carboxylic acids is 1. The molecule has 1 saturated carbocycles. The molecule has 4 rings (SSSR count). The zero-order chi connectivity index (χ0) is 24.4. The van der Waals surface area contributed by atoms with Crippen molar-refractivity contribution in [3.8, 4) is 17.0 Å². The second-order valence-electron chi connectivity index (χ2n) is 9.10. The molecule has 0 bridgehead atoms. The van der Waals surface area contributed by atoms with E-state index in [4.69, 9.17) is 28.2 Å². The first-order chi connectivity index (χ1) is 16.3. The van der Waals surface area contributed by atoms with Crippen molar-refractivity contribution in [3.05, 3.63) is 46.1 Å². The molecule has 7 nitrogen and oxygen atoms in total. The van der Waals surface area contributed by atoms with Crippen molar-refractivity contribution in [3.63, 3.8) is 0 Å². The largest absolute Gasteiger partial charge is 0.505 e. The molecule has 1 amide bonds. The number of halogens is 2. The highest BCUT2D eigenvalue weighted by Crippen LogP contribution is 2.37. The molecule has 1 aliphatic rings. The molecule has 180 valence electrons. The second kappa shape index (κ2) is 10.3. The minimum absolute atomic E-state index is 0.148. The van der Waals surface area contributed by atoms with Crippen LogP contribution in [0.25, 0.3) is 22.3 Å². The van der Waals surface area contributed by atoms with Gasteiger partial charge in [-0.25, -0.2) is 4.98 Å². The topological polar surface area (TPSA) is 90.4 Å². The van der Waals surface area contributed by atoms with Gasteiger partial charge < -0.3 is 20.6 Å². The van der Waals surface area contributed by atoms with Gasteiger partial charge >= 0.3 is 0 Å². The Balaban J connectivity index is 1.72. The van der Waals surface area contributed by atoms with Crippen LogP contribution in [0.1, 0.15) is 36.0 Å². The van der Waals surface area contributed by atoms with Gasteiger partial charge in [-0.05, 0) is 70.0 Å². The number of amides is 1. The summed E-state index contributed by atoms with van der Waals surface area (Å²) in [4.78, 5) is 24.2. The van der Waals surface area contributed by atoms with Crippen LogP contribution in [0.2, 0.25) is 10.0 Å². The fourth-order valence-corrected chi connectivity index (χ4v) is 5.09. The van der Waals surface area contributed by atoms with E-state index in [2.05, 4.69) is 34.6 Å². The summed E-state index contributed by atoms with van der Waals surface area (Å²) in [5, 5.41) is 16.5. The van der Waals surface area contributed by atoms with Crippen molar-refractivity contribution >= 4 is 45.8 Å². The molecule has 3 aromatic rings. The van der Waals surface area contributed by atoms with E-state index in [1.165, 1.54) is 0 Å². The molecule has 0 atom stereocenters. The number of aromatic hydroxyl groups is 1. The number of aromatic nitrogens is 2. The van der Waals surface area contributed by atoms with Crippen molar-refractivity contribution in [2.75, 3.05) is 33.0 Å². The van der Waals surface area contributed by atoms with Crippen LogP contribution in [0.4, 0.5) is 5.69 Å². The molecule has 3 N–H and O–H groups in total. The first kappa shape index (κ1) is 24.5. The van der Waals surface area contributed by atoms with Crippen LogP contribution in [-0.2, 0) is 0 Å². The zero-order valence-electron chi connectivity index (χ0n) is 19.5. The van der Waals surface area contributed by atoms with E-state index in [9.17, 15) is 9.90 Å². The number of nitrogens with one attached hydrogen (secondary N) is 2. The van der Waals surface area contributed by atoms with Gasteiger partial charge in [-0.3, -0.25) is 9.78 Å². The third-order valence-electron chi connectivity index (χ3n) is 6.32. The lowest BCUT2D eigenvalue weighted by Crippen LogP contribution is -2.32. The van der Waals surface area contributed by atoms with Gasteiger partial charge in [0.1, 0.15) is 5.52 Å². The number of carbonyl (C=O) groups is 1. The monoisotopic (exact) mass is 501 g/mol. The van der Waals surface area contributed by atoms with Crippen molar-refractivity contribution in [2.24, 2.45) is 5.92 Å². The molecular weight excluding hydrogens is 473 g/mol. The highest BCUT2D eigenvalue weighted by Gasteiger charge is 2.25. The summed E-state index contributed by atoms with van der Waals surface area (Å²) < 4.78 is 0. The SMILES string of the molecule is CNC(=O)c1cnc2ccc(-c3cc(Cl)c(O)c(Cl)c3)nc2c1NC1CCC(CN(C)C)CC1. The number of hydrogen-bond donors (Lipinski definition) is 3. The minimum atomic E-state index is -0.221. The van der Waals surface area contributed by atoms with Crippen molar-refractivity contribution in [2.45, 2.75) is 31.7 Å². The first-order valence-electron chi connectivity index (χ1n) is 11.4. The second-order valence-corrected chi connectivity index (χ2v) is 9.92. The minimum Gasteiger partial charge on any atom is -0.505 e. The number of nitrogens with zero attached hydrogens (tertiary/aromatic N) is 3. The Morgan fingerprint density at radius 1 is 1.15 bits per heavy atom. The third kappa shape index (κ3) is 5.22. The maximum atomic E-state index is 12.7. The Kier molecular flexibility index (Phi) is 7.45. The van der Waals surface area contributed by atoms with Crippen LogP contribution in [-0.4, -0.2) is 59.6 Å². The van der Waals surface area contributed by atoms with E-state index in [-0.39, 0.29) is 27.7 Å². The molecule has 0 saturated heterocycles. The summed E-state index contributed by atoms with van der Waals surface area (Å²) in [6, 6.07) is 7.16. The summed E-state index contributed by atoms with van der Waals surface area (Å²) in [5.74, 6) is 0.305. The smallest absolute Gasteiger partial charge is 0.254 e. The lowest BCUT2D eigenvalue weighted by molar-refractivity contribution is 0.0963. The highest BCUT2D eigenvalue weighted by molar-refractivity contribution is 6.37. The summed E-state index contributed by atoms with van der Waals surface area (Å²) in [7, 11) is 5.83. The number of anilines is 1. The number of pyridine rings is 2. The fraction of sp³-hybridized carbons (Fsp3) is 0.400. The van der Waals surface area contributed by atoms with Gasteiger partial charge in [0.2, 0.25) is 0 Å². The van der Waals surface area contributed by atoms with Crippen molar-refractivity contribution < 1.29 is 9.90 Å². The summed E-state index contributed by atoms with van der Waals surface area (Å²) in [6.45, 7) is 1.09. The Labute approximate surface area is 209 Å². The van der Waals surface area contributed by atoms with Crippen LogP contribution in [0.5, 0.6) is 5.75 Å². The Morgan fingerprint density at radius 2 is 1.82 bits per heavy atom. The molecular formula is C25H29Cl2N5O2. The molecule has 1 aromatic carbocycles. The predicted molar refractivity (Wildman–Crippen MR) is 138 cm³/mol. The highest BCUT2D eigenvalue weighted by atomic mass is 35.5. The standard InChI is InChI=1S/C25H29Cl2N5O2/c1-28-25(34)17-12-29-21-9-8-20(15-10-18(26)24(33)19(27)11-15)31-23(21)22(17)30-16-6-4-14(5-7-16)13-32(2)3/h8-12,14,16,33H,4-7,13H2,1-3H3,(H,28,34)(H,29,30). The quantitative estimate of drug-likeness (QED) is 0.429. The Hall–Kier alpha value is -2.61. The van der Waals surface area contributed by atoms with Crippen LogP contribution < -0.4 is 10.6 Å². The molecule has 0 radical (unpaired) electrons.